The summed E-state index contributed by atoms with van der Waals surface area (Å²) >= 11 is 0. The Kier molecular flexibility index (Phi) is 6.65. The number of ether oxygens (including phenoxy) is 1. The van der Waals surface area contributed by atoms with E-state index in [1.54, 1.807) is 6.07 Å². The lowest BCUT2D eigenvalue weighted by molar-refractivity contribution is 0.277. The lowest BCUT2D eigenvalue weighted by atomic mass is 10.2. The Morgan fingerprint density at radius 3 is 2.72 bits per heavy atom. The third kappa shape index (κ3) is 5.45. The minimum absolute atomic E-state index is 0.191. The summed E-state index contributed by atoms with van der Waals surface area (Å²) in [6, 6.07) is 4.87. The molecule has 0 fully saturated rings. The van der Waals surface area contributed by atoms with Crippen LogP contribution in [0, 0.1) is 11.7 Å². The fraction of sp³-hybridized carbons (Fsp3) is 0.571. The third-order valence-electron chi connectivity index (χ3n) is 2.41. The largest absolute Gasteiger partial charge is 0.490 e. The third-order valence-corrected chi connectivity index (χ3v) is 2.41. The van der Waals surface area contributed by atoms with Crippen molar-refractivity contribution in [3.8, 4) is 5.75 Å². The standard InChI is InChI=1S/C14H21F2NO/c1-11(2)9-17-10-12-4-5-14(13(16)8-12)18-7-3-6-15/h4-5,8,11,17H,3,6-7,9-10H2,1-2H3. The van der Waals surface area contributed by atoms with Gasteiger partial charge in [-0.15, -0.1) is 0 Å². The highest BCUT2D eigenvalue weighted by Crippen LogP contribution is 2.18. The normalized spacial score (nSPS) is 10.9. The molecule has 1 rings (SSSR count). The number of nitrogens with one attached hydrogen (secondary N) is 1. The summed E-state index contributed by atoms with van der Waals surface area (Å²) in [5.41, 5.74) is 0.881. The molecule has 0 radical (unpaired) electrons. The van der Waals surface area contributed by atoms with Gasteiger partial charge >= 0.3 is 0 Å². The van der Waals surface area contributed by atoms with Crippen LogP contribution >= 0.6 is 0 Å². The molecule has 1 aromatic carbocycles. The molecule has 0 saturated carbocycles. The number of benzene rings is 1. The van der Waals surface area contributed by atoms with E-state index in [-0.39, 0.29) is 18.8 Å². The SMILES string of the molecule is CC(C)CNCc1ccc(OCCCF)c(F)c1. The van der Waals surface area contributed by atoms with Crippen molar-refractivity contribution in [2.75, 3.05) is 19.8 Å². The highest BCUT2D eigenvalue weighted by molar-refractivity contribution is 5.29. The van der Waals surface area contributed by atoms with Crippen molar-refractivity contribution in [1.82, 2.24) is 5.32 Å². The zero-order chi connectivity index (χ0) is 13.4. The van der Waals surface area contributed by atoms with Gasteiger partial charge in [0.05, 0.1) is 13.3 Å². The van der Waals surface area contributed by atoms with E-state index in [1.807, 2.05) is 6.07 Å². The molecule has 0 unspecified atom stereocenters. The van der Waals surface area contributed by atoms with Crippen LogP contribution in [-0.4, -0.2) is 19.8 Å². The van der Waals surface area contributed by atoms with Crippen molar-refractivity contribution in [3.05, 3.63) is 29.6 Å². The number of hydrogen-bond donors (Lipinski definition) is 1. The fourth-order valence-electron chi connectivity index (χ4n) is 1.51. The van der Waals surface area contributed by atoms with E-state index in [2.05, 4.69) is 19.2 Å². The van der Waals surface area contributed by atoms with Gasteiger partial charge in [0, 0.05) is 13.0 Å². The molecular formula is C14H21F2NO. The van der Waals surface area contributed by atoms with E-state index in [0.717, 1.165) is 12.1 Å². The molecule has 18 heavy (non-hydrogen) atoms. The number of rotatable bonds is 8. The molecule has 0 atom stereocenters. The maximum atomic E-state index is 13.6. The molecule has 4 heteroatoms. The van der Waals surface area contributed by atoms with Gasteiger partial charge in [-0.2, -0.15) is 0 Å². The molecule has 0 saturated heterocycles. The van der Waals surface area contributed by atoms with E-state index >= 15 is 0 Å². The van der Waals surface area contributed by atoms with E-state index in [4.69, 9.17) is 4.74 Å². The van der Waals surface area contributed by atoms with Gasteiger partial charge in [0.1, 0.15) is 0 Å². The number of hydrogen-bond acceptors (Lipinski definition) is 2. The first-order valence-corrected chi connectivity index (χ1v) is 6.31. The summed E-state index contributed by atoms with van der Waals surface area (Å²) < 4.78 is 30.6. The highest BCUT2D eigenvalue weighted by Gasteiger charge is 2.05. The molecule has 0 aliphatic carbocycles. The van der Waals surface area contributed by atoms with Crippen LogP contribution in [0.25, 0.3) is 0 Å². The van der Waals surface area contributed by atoms with E-state index in [9.17, 15) is 8.78 Å². The van der Waals surface area contributed by atoms with Crippen molar-refractivity contribution >= 4 is 0 Å². The van der Waals surface area contributed by atoms with Crippen LogP contribution < -0.4 is 10.1 Å². The van der Waals surface area contributed by atoms with E-state index in [1.165, 1.54) is 6.07 Å². The molecule has 102 valence electrons. The summed E-state index contributed by atoms with van der Waals surface area (Å²) in [4.78, 5) is 0. The molecule has 0 aliphatic heterocycles. The van der Waals surface area contributed by atoms with Gasteiger partial charge < -0.3 is 10.1 Å². The molecule has 1 aromatic rings. The Morgan fingerprint density at radius 2 is 2.11 bits per heavy atom. The van der Waals surface area contributed by atoms with Crippen molar-refractivity contribution in [3.63, 3.8) is 0 Å². The quantitative estimate of drug-likeness (QED) is 0.721. The zero-order valence-electron chi connectivity index (χ0n) is 11.0. The summed E-state index contributed by atoms with van der Waals surface area (Å²) in [6.45, 7) is 5.54. The Labute approximate surface area is 107 Å². The Bertz CT molecular complexity index is 356. The lowest BCUT2D eigenvalue weighted by Crippen LogP contribution is -2.19. The summed E-state index contributed by atoms with van der Waals surface area (Å²) in [5, 5.41) is 3.24. The van der Waals surface area contributed by atoms with E-state index < -0.39 is 12.5 Å². The molecule has 0 spiro atoms. The van der Waals surface area contributed by atoms with Crippen LogP contribution in [0.5, 0.6) is 5.75 Å². The zero-order valence-corrected chi connectivity index (χ0v) is 11.0. The average Bonchev–Trinajstić information content (AvgIpc) is 2.31. The van der Waals surface area contributed by atoms with Crippen molar-refractivity contribution < 1.29 is 13.5 Å². The van der Waals surface area contributed by atoms with Crippen LogP contribution in [-0.2, 0) is 6.54 Å². The second-order valence-corrected chi connectivity index (χ2v) is 4.68. The molecule has 2 nitrogen and oxygen atoms in total. The fourth-order valence-corrected chi connectivity index (χ4v) is 1.51. The van der Waals surface area contributed by atoms with Gasteiger partial charge in [0.25, 0.3) is 0 Å². The second-order valence-electron chi connectivity index (χ2n) is 4.68. The average molecular weight is 257 g/mol. The Morgan fingerprint density at radius 1 is 1.33 bits per heavy atom. The molecule has 0 heterocycles. The van der Waals surface area contributed by atoms with Gasteiger partial charge in [0.2, 0.25) is 0 Å². The summed E-state index contributed by atoms with van der Waals surface area (Å²) in [7, 11) is 0. The highest BCUT2D eigenvalue weighted by atomic mass is 19.1. The van der Waals surface area contributed by atoms with Crippen LogP contribution in [0.15, 0.2) is 18.2 Å². The Balaban J connectivity index is 2.45. The maximum absolute atomic E-state index is 13.6. The van der Waals surface area contributed by atoms with Crippen LogP contribution in [0.2, 0.25) is 0 Å². The first kappa shape index (κ1) is 14.9. The monoisotopic (exact) mass is 257 g/mol. The number of halogens is 2. The summed E-state index contributed by atoms with van der Waals surface area (Å²) in [6.07, 6.45) is 0.289. The predicted molar refractivity (Wildman–Crippen MR) is 69.0 cm³/mol. The van der Waals surface area contributed by atoms with Crippen LogP contribution in [0.3, 0.4) is 0 Å². The van der Waals surface area contributed by atoms with Gasteiger partial charge in [-0.05, 0) is 30.2 Å². The molecule has 0 aromatic heterocycles. The van der Waals surface area contributed by atoms with E-state index in [0.29, 0.717) is 12.5 Å². The maximum Gasteiger partial charge on any atom is 0.165 e. The predicted octanol–water partition coefficient (Wildman–Crippen LogP) is 3.31. The molecule has 1 N–H and O–H groups in total. The van der Waals surface area contributed by atoms with Gasteiger partial charge in [-0.3, -0.25) is 4.39 Å². The minimum Gasteiger partial charge on any atom is -0.490 e. The first-order valence-electron chi connectivity index (χ1n) is 6.31. The smallest absolute Gasteiger partial charge is 0.165 e. The molecule has 0 amide bonds. The number of alkyl halides is 1. The first-order chi connectivity index (χ1) is 8.63. The van der Waals surface area contributed by atoms with Crippen LogP contribution in [0.4, 0.5) is 8.78 Å². The van der Waals surface area contributed by atoms with Crippen molar-refractivity contribution in [1.29, 1.82) is 0 Å². The minimum atomic E-state index is -0.446. The van der Waals surface area contributed by atoms with Crippen LogP contribution in [0.1, 0.15) is 25.8 Å². The Hall–Kier alpha value is -1.16. The second kappa shape index (κ2) is 8.03. The van der Waals surface area contributed by atoms with Gasteiger partial charge in [-0.1, -0.05) is 19.9 Å². The summed E-state index contributed by atoms with van der Waals surface area (Å²) in [5.74, 6) is 0.368. The lowest BCUT2D eigenvalue weighted by Gasteiger charge is -2.10. The van der Waals surface area contributed by atoms with Gasteiger partial charge in [0.15, 0.2) is 11.6 Å². The van der Waals surface area contributed by atoms with Crippen molar-refractivity contribution in [2.24, 2.45) is 5.92 Å². The van der Waals surface area contributed by atoms with Crippen molar-refractivity contribution in [2.45, 2.75) is 26.8 Å². The molecule has 0 bridgehead atoms. The molecule has 0 aliphatic rings. The molecular weight excluding hydrogens is 236 g/mol. The topological polar surface area (TPSA) is 21.3 Å². The van der Waals surface area contributed by atoms with Gasteiger partial charge in [-0.25, -0.2) is 4.39 Å².